The van der Waals surface area contributed by atoms with Gasteiger partial charge in [0, 0.05) is 24.5 Å². The Hall–Kier alpha value is -1.96. The van der Waals surface area contributed by atoms with Crippen LogP contribution in [0.1, 0.15) is 12.8 Å². The summed E-state index contributed by atoms with van der Waals surface area (Å²) in [6.07, 6.45) is 2.53. The van der Waals surface area contributed by atoms with Gasteiger partial charge in [0.1, 0.15) is 11.9 Å². The van der Waals surface area contributed by atoms with E-state index in [1.807, 2.05) is 24.3 Å². The van der Waals surface area contributed by atoms with Crippen molar-refractivity contribution in [1.29, 1.82) is 0 Å². The second kappa shape index (κ2) is 6.87. The van der Waals surface area contributed by atoms with Crippen molar-refractivity contribution in [1.82, 2.24) is 15.2 Å². The van der Waals surface area contributed by atoms with Gasteiger partial charge in [0.15, 0.2) is 5.82 Å². The summed E-state index contributed by atoms with van der Waals surface area (Å²) < 4.78 is 5.25. The van der Waals surface area contributed by atoms with E-state index in [9.17, 15) is 4.79 Å². The number of aromatic nitrogens is 3. The summed E-state index contributed by atoms with van der Waals surface area (Å²) in [4.78, 5) is 16.4. The minimum Gasteiger partial charge on any atom is -0.381 e. The van der Waals surface area contributed by atoms with E-state index < -0.39 is 5.54 Å². The van der Waals surface area contributed by atoms with E-state index in [1.54, 1.807) is 0 Å². The number of carbonyl (C=O) groups is 1. The summed E-state index contributed by atoms with van der Waals surface area (Å²) in [7, 11) is 0. The first-order valence-corrected chi connectivity index (χ1v) is 6.81. The zero-order valence-electron chi connectivity index (χ0n) is 11.9. The van der Waals surface area contributed by atoms with Crippen molar-refractivity contribution in [2.75, 3.05) is 18.5 Å². The third-order valence-electron chi connectivity index (χ3n) is 3.67. The van der Waals surface area contributed by atoms with Crippen LogP contribution in [0.2, 0.25) is 0 Å². The summed E-state index contributed by atoms with van der Waals surface area (Å²) in [6.45, 7) is 1.04. The van der Waals surface area contributed by atoms with Crippen LogP contribution in [0.15, 0.2) is 30.6 Å². The zero-order chi connectivity index (χ0) is 14.7. The molecule has 1 aliphatic rings. The van der Waals surface area contributed by atoms with E-state index in [4.69, 9.17) is 10.5 Å². The number of rotatable bonds is 3. The molecule has 1 amide bonds. The Morgan fingerprint density at radius 3 is 2.55 bits per heavy atom. The van der Waals surface area contributed by atoms with Crippen LogP contribution in [0.4, 0.5) is 5.69 Å². The fourth-order valence-electron chi connectivity index (χ4n) is 2.27. The lowest BCUT2D eigenvalue weighted by atomic mass is 9.90. The lowest BCUT2D eigenvalue weighted by Crippen LogP contribution is -2.54. The molecule has 0 unspecified atom stereocenters. The molecule has 0 aliphatic carbocycles. The molecule has 8 heteroatoms. The molecule has 2 aromatic rings. The van der Waals surface area contributed by atoms with Gasteiger partial charge in [-0.05, 0) is 37.1 Å². The summed E-state index contributed by atoms with van der Waals surface area (Å²) in [5, 5.41) is 9.45. The molecule has 1 aromatic heterocycles. The Kier molecular flexibility index (Phi) is 5.12. The first-order chi connectivity index (χ1) is 10.2. The first-order valence-electron chi connectivity index (χ1n) is 6.81. The highest BCUT2D eigenvalue weighted by molar-refractivity contribution is 5.98. The van der Waals surface area contributed by atoms with Crippen LogP contribution in [0.25, 0.3) is 11.4 Å². The lowest BCUT2D eigenvalue weighted by molar-refractivity contribution is -0.124. The third-order valence-corrected chi connectivity index (χ3v) is 3.67. The highest BCUT2D eigenvalue weighted by atomic mass is 35.5. The molecule has 0 atom stereocenters. The maximum atomic E-state index is 12.3. The summed E-state index contributed by atoms with van der Waals surface area (Å²) >= 11 is 0. The molecule has 0 bridgehead atoms. The Morgan fingerprint density at radius 1 is 1.27 bits per heavy atom. The van der Waals surface area contributed by atoms with Crippen LogP contribution in [0, 0.1) is 0 Å². The minimum atomic E-state index is -0.845. The van der Waals surface area contributed by atoms with Gasteiger partial charge in [0.25, 0.3) is 0 Å². The Morgan fingerprint density at radius 2 is 1.95 bits per heavy atom. The fraction of sp³-hybridized carbons (Fsp3) is 0.357. The summed E-state index contributed by atoms with van der Waals surface area (Å²) in [5.41, 5.74) is 6.91. The molecule has 0 radical (unpaired) electrons. The van der Waals surface area contributed by atoms with Crippen molar-refractivity contribution in [3.8, 4) is 11.4 Å². The number of nitrogens with one attached hydrogen (secondary N) is 2. The molecule has 1 aromatic carbocycles. The molecular weight excluding hydrogens is 306 g/mol. The average molecular weight is 324 g/mol. The van der Waals surface area contributed by atoms with Gasteiger partial charge in [-0.3, -0.25) is 9.89 Å². The predicted octanol–water partition coefficient (Wildman–Crippen LogP) is 1.34. The molecule has 0 spiro atoms. The van der Waals surface area contributed by atoms with Gasteiger partial charge in [0.05, 0.1) is 0 Å². The van der Waals surface area contributed by atoms with Crippen LogP contribution >= 0.6 is 12.4 Å². The van der Waals surface area contributed by atoms with Crippen LogP contribution in [0.5, 0.6) is 0 Å². The monoisotopic (exact) mass is 323 g/mol. The van der Waals surface area contributed by atoms with Gasteiger partial charge in [-0.15, -0.1) is 12.4 Å². The average Bonchev–Trinajstić information content (AvgIpc) is 3.03. The highest BCUT2D eigenvalue weighted by Gasteiger charge is 2.35. The standard InChI is InChI=1S/C14H17N5O2.ClH/c15-14(5-7-21-8-6-14)13(20)18-11-3-1-10(2-4-11)12-16-9-17-19-12;/h1-4,9H,5-8,15H2,(H,18,20)(H,16,17,19);1H. The van der Waals surface area contributed by atoms with Crippen LogP contribution in [0.3, 0.4) is 0 Å². The number of nitrogens with zero attached hydrogens (tertiary/aromatic N) is 2. The van der Waals surface area contributed by atoms with Gasteiger partial charge >= 0.3 is 0 Å². The van der Waals surface area contributed by atoms with E-state index in [0.717, 1.165) is 5.56 Å². The normalized spacial score (nSPS) is 16.6. The van der Waals surface area contributed by atoms with Crippen LogP contribution < -0.4 is 11.1 Å². The number of aromatic amines is 1. The molecule has 118 valence electrons. The van der Waals surface area contributed by atoms with Gasteiger partial charge in [-0.2, -0.15) is 5.10 Å². The molecule has 3 rings (SSSR count). The lowest BCUT2D eigenvalue weighted by Gasteiger charge is -2.31. The molecule has 4 N–H and O–H groups in total. The number of amides is 1. The highest BCUT2D eigenvalue weighted by Crippen LogP contribution is 2.21. The summed E-state index contributed by atoms with van der Waals surface area (Å²) in [5.74, 6) is 0.519. The van der Waals surface area contributed by atoms with Crippen molar-refractivity contribution in [2.24, 2.45) is 5.73 Å². The third kappa shape index (κ3) is 3.44. The zero-order valence-corrected chi connectivity index (χ0v) is 12.7. The number of carbonyl (C=O) groups excluding carboxylic acids is 1. The molecular formula is C14H18ClN5O2. The maximum absolute atomic E-state index is 12.3. The van der Waals surface area contributed by atoms with Crippen LogP contribution in [-0.4, -0.2) is 39.8 Å². The Balaban J connectivity index is 0.00000176. The fourth-order valence-corrected chi connectivity index (χ4v) is 2.27. The van der Waals surface area contributed by atoms with E-state index in [1.165, 1.54) is 6.33 Å². The van der Waals surface area contributed by atoms with Gasteiger partial charge < -0.3 is 15.8 Å². The number of anilines is 1. The molecule has 1 fully saturated rings. The topological polar surface area (TPSA) is 106 Å². The van der Waals surface area contributed by atoms with E-state index in [2.05, 4.69) is 20.5 Å². The number of benzene rings is 1. The van der Waals surface area contributed by atoms with Crippen molar-refractivity contribution >= 4 is 24.0 Å². The first kappa shape index (κ1) is 16.4. The van der Waals surface area contributed by atoms with Gasteiger partial charge in [-0.1, -0.05) is 0 Å². The number of H-pyrrole nitrogens is 1. The van der Waals surface area contributed by atoms with Crippen LogP contribution in [-0.2, 0) is 9.53 Å². The van der Waals surface area contributed by atoms with Crippen molar-refractivity contribution in [3.63, 3.8) is 0 Å². The van der Waals surface area contributed by atoms with Gasteiger partial charge in [-0.25, -0.2) is 4.98 Å². The van der Waals surface area contributed by atoms with Crippen molar-refractivity contribution in [2.45, 2.75) is 18.4 Å². The molecule has 22 heavy (non-hydrogen) atoms. The SMILES string of the molecule is Cl.NC1(C(=O)Nc2ccc(-c3ncn[nH]3)cc2)CCOCC1. The van der Waals surface area contributed by atoms with Crippen molar-refractivity contribution < 1.29 is 9.53 Å². The van der Waals surface area contributed by atoms with Gasteiger partial charge in [0.2, 0.25) is 5.91 Å². The number of hydrogen-bond acceptors (Lipinski definition) is 5. The molecule has 1 aliphatic heterocycles. The smallest absolute Gasteiger partial charge is 0.244 e. The molecule has 7 nitrogen and oxygen atoms in total. The Bertz CT molecular complexity index is 609. The van der Waals surface area contributed by atoms with E-state index in [-0.39, 0.29) is 18.3 Å². The number of hydrogen-bond donors (Lipinski definition) is 3. The predicted molar refractivity (Wildman–Crippen MR) is 84.7 cm³/mol. The molecule has 2 heterocycles. The minimum absolute atomic E-state index is 0. The number of ether oxygens (including phenoxy) is 1. The quantitative estimate of drug-likeness (QED) is 0.790. The van der Waals surface area contributed by atoms with Crippen molar-refractivity contribution in [3.05, 3.63) is 30.6 Å². The maximum Gasteiger partial charge on any atom is 0.244 e. The molecule has 0 saturated carbocycles. The number of nitrogens with two attached hydrogens (primary N) is 1. The van der Waals surface area contributed by atoms with E-state index in [0.29, 0.717) is 37.6 Å². The summed E-state index contributed by atoms with van der Waals surface area (Å²) in [6, 6.07) is 7.36. The Labute approximate surface area is 134 Å². The number of halogens is 1. The molecule has 1 saturated heterocycles. The van der Waals surface area contributed by atoms with E-state index >= 15 is 0 Å². The second-order valence-electron chi connectivity index (χ2n) is 5.13. The largest absolute Gasteiger partial charge is 0.381 e. The second-order valence-corrected chi connectivity index (χ2v) is 5.13.